The standard InChI is InChI=1S/C14H14N4O2S/c1-2-20-9-10-3-5-11(6-4-10)16-13-17-18-12(19)7-8-15-14(18)21-13/h3-8H,2,9H2,1H3,(H,16,17). The summed E-state index contributed by atoms with van der Waals surface area (Å²) in [5, 5.41) is 8.00. The minimum absolute atomic E-state index is 0.184. The maximum absolute atomic E-state index is 11.6. The topological polar surface area (TPSA) is 68.5 Å². The highest BCUT2D eigenvalue weighted by Gasteiger charge is 2.06. The molecular weight excluding hydrogens is 288 g/mol. The third kappa shape index (κ3) is 3.09. The molecule has 3 aromatic rings. The summed E-state index contributed by atoms with van der Waals surface area (Å²) in [6, 6.07) is 9.29. The summed E-state index contributed by atoms with van der Waals surface area (Å²) < 4.78 is 6.64. The number of hydrogen-bond donors (Lipinski definition) is 1. The first-order valence-electron chi connectivity index (χ1n) is 6.55. The van der Waals surface area contributed by atoms with E-state index in [-0.39, 0.29) is 5.56 Å². The molecule has 3 rings (SSSR count). The Hall–Kier alpha value is -2.25. The summed E-state index contributed by atoms with van der Waals surface area (Å²) in [5.74, 6) is 0. The molecule has 2 aromatic heterocycles. The average molecular weight is 302 g/mol. The number of rotatable bonds is 5. The number of fused-ring (bicyclic) bond motifs is 1. The van der Waals surface area contributed by atoms with Crippen LogP contribution in [0.3, 0.4) is 0 Å². The molecule has 21 heavy (non-hydrogen) atoms. The molecule has 7 heteroatoms. The smallest absolute Gasteiger partial charge is 0.275 e. The number of aromatic nitrogens is 3. The van der Waals surface area contributed by atoms with Gasteiger partial charge in [-0.15, -0.1) is 5.10 Å². The van der Waals surface area contributed by atoms with Crippen LogP contribution in [0.25, 0.3) is 4.96 Å². The van der Waals surface area contributed by atoms with E-state index in [1.54, 1.807) is 0 Å². The van der Waals surface area contributed by atoms with Gasteiger partial charge in [0.25, 0.3) is 5.56 Å². The molecule has 0 radical (unpaired) electrons. The van der Waals surface area contributed by atoms with Crippen molar-refractivity contribution < 1.29 is 4.74 Å². The zero-order chi connectivity index (χ0) is 14.7. The Labute approximate surface area is 125 Å². The van der Waals surface area contributed by atoms with Crippen LogP contribution in [0.1, 0.15) is 12.5 Å². The predicted octanol–water partition coefficient (Wildman–Crippen LogP) is 2.43. The second kappa shape index (κ2) is 6.02. The Morgan fingerprint density at radius 3 is 2.81 bits per heavy atom. The maximum atomic E-state index is 11.6. The number of hydrogen-bond acceptors (Lipinski definition) is 6. The Bertz CT molecular complexity index is 795. The summed E-state index contributed by atoms with van der Waals surface area (Å²) in [6.45, 7) is 3.28. The second-order valence-corrected chi connectivity index (χ2v) is 5.30. The third-order valence-corrected chi connectivity index (χ3v) is 3.69. The number of nitrogens with zero attached hydrogens (tertiary/aromatic N) is 3. The molecule has 0 fully saturated rings. The van der Waals surface area contributed by atoms with Crippen LogP contribution in [0, 0.1) is 0 Å². The van der Waals surface area contributed by atoms with E-state index in [1.165, 1.54) is 28.1 Å². The molecule has 0 atom stereocenters. The predicted molar refractivity (Wildman–Crippen MR) is 82.2 cm³/mol. The van der Waals surface area contributed by atoms with Gasteiger partial charge >= 0.3 is 0 Å². The van der Waals surface area contributed by atoms with Crippen molar-refractivity contribution >= 4 is 27.1 Å². The lowest BCUT2D eigenvalue weighted by atomic mass is 10.2. The Balaban J connectivity index is 1.78. The second-order valence-electron chi connectivity index (χ2n) is 4.34. The summed E-state index contributed by atoms with van der Waals surface area (Å²) in [5.41, 5.74) is 1.84. The van der Waals surface area contributed by atoms with Crippen LogP contribution in [-0.4, -0.2) is 21.2 Å². The highest BCUT2D eigenvalue weighted by atomic mass is 32.1. The molecule has 0 bridgehead atoms. The van der Waals surface area contributed by atoms with Gasteiger partial charge in [-0.2, -0.15) is 4.52 Å². The lowest BCUT2D eigenvalue weighted by molar-refractivity contribution is 0.134. The molecule has 1 N–H and O–H groups in total. The minimum Gasteiger partial charge on any atom is -0.377 e. The van der Waals surface area contributed by atoms with Crippen LogP contribution in [0.5, 0.6) is 0 Å². The number of benzene rings is 1. The molecule has 0 unspecified atom stereocenters. The van der Waals surface area contributed by atoms with E-state index in [0.29, 0.717) is 23.3 Å². The van der Waals surface area contributed by atoms with Crippen molar-refractivity contribution in [3.63, 3.8) is 0 Å². The van der Waals surface area contributed by atoms with Gasteiger partial charge < -0.3 is 10.1 Å². The zero-order valence-corrected chi connectivity index (χ0v) is 12.3. The Kier molecular flexibility index (Phi) is 3.94. The normalized spacial score (nSPS) is 10.9. The van der Waals surface area contributed by atoms with Crippen LogP contribution in [0.2, 0.25) is 0 Å². The van der Waals surface area contributed by atoms with Crippen molar-refractivity contribution in [2.75, 3.05) is 11.9 Å². The fourth-order valence-corrected chi connectivity index (χ4v) is 2.62. The average Bonchev–Trinajstić information content (AvgIpc) is 2.91. The van der Waals surface area contributed by atoms with Gasteiger partial charge in [0, 0.05) is 24.6 Å². The third-order valence-electron chi connectivity index (χ3n) is 2.85. The van der Waals surface area contributed by atoms with Crippen molar-refractivity contribution in [1.29, 1.82) is 0 Å². The fraction of sp³-hybridized carbons (Fsp3) is 0.214. The van der Waals surface area contributed by atoms with Gasteiger partial charge in [0.2, 0.25) is 10.1 Å². The van der Waals surface area contributed by atoms with Crippen LogP contribution in [0.15, 0.2) is 41.3 Å². The molecule has 0 spiro atoms. The van der Waals surface area contributed by atoms with E-state index in [0.717, 1.165) is 11.3 Å². The van der Waals surface area contributed by atoms with E-state index in [2.05, 4.69) is 15.4 Å². The first-order valence-corrected chi connectivity index (χ1v) is 7.36. The van der Waals surface area contributed by atoms with Crippen molar-refractivity contribution in [1.82, 2.24) is 14.6 Å². The lowest BCUT2D eigenvalue weighted by Crippen LogP contribution is -2.12. The van der Waals surface area contributed by atoms with E-state index in [1.807, 2.05) is 31.2 Å². The number of anilines is 2. The largest absolute Gasteiger partial charge is 0.377 e. The molecule has 0 amide bonds. The summed E-state index contributed by atoms with van der Waals surface area (Å²) in [6.07, 6.45) is 1.49. The van der Waals surface area contributed by atoms with Crippen molar-refractivity contribution in [3.05, 3.63) is 52.4 Å². The van der Waals surface area contributed by atoms with Gasteiger partial charge in [-0.3, -0.25) is 4.79 Å². The minimum atomic E-state index is -0.184. The van der Waals surface area contributed by atoms with Gasteiger partial charge in [0.05, 0.1) is 6.61 Å². The van der Waals surface area contributed by atoms with Crippen molar-refractivity contribution in [2.24, 2.45) is 0 Å². The van der Waals surface area contributed by atoms with Crippen LogP contribution >= 0.6 is 11.3 Å². The molecule has 0 aliphatic rings. The summed E-state index contributed by atoms with van der Waals surface area (Å²) in [4.78, 5) is 16.3. The molecule has 0 aliphatic carbocycles. The van der Waals surface area contributed by atoms with Gasteiger partial charge in [0.1, 0.15) is 0 Å². The van der Waals surface area contributed by atoms with E-state index in [4.69, 9.17) is 4.74 Å². The van der Waals surface area contributed by atoms with E-state index in [9.17, 15) is 4.79 Å². The van der Waals surface area contributed by atoms with Gasteiger partial charge in [-0.25, -0.2) is 4.98 Å². The first-order chi connectivity index (χ1) is 10.3. The molecule has 2 heterocycles. The molecule has 0 saturated heterocycles. The SMILES string of the molecule is CCOCc1ccc(Nc2nn3c(=O)ccnc3s2)cc1. The van der Waals surface area contributed by atoms with Gasteiger partial charge in [0.15, 0.2) is 0 Å². The van der Waals surface area contributed by atoms with E-state index >= 15 is 0 Å². The quantitative estimate of drug-likeness (QED) is 0.784. The van der Waals surface area contributed by atoms with Gasteiger partial charge in [-0.1, -0.05) is 23.5 Å². The van der Waals surface area contributed by atoms with Gasteiger partial charge in [-0.05, 0) is 24.6 Å². The van der Waals surface area contributed by atoms with Crippen LogP contribution in [-0.2, 0) is 11.3 Å². The van der Waals surface area contributed by atoms with Crippen LogP contribution < -0.4 is 10.9 Å². The van der Waals surface area contributed by atoms with Crippen molar-refractivity contribution in [3.8, 4) is 0 Å². The zero-order valence-electron chi connectivity index (χ0n) is 11.4. The number of ether oxygens (including phenoxy) is 1. The highest BCUT2D eigenvalue weighted by molar-refractivity contribution is 7.20. The molecular formula is C14H14N4O2S. The summed E-state index contributed by atoms with van der Waals surface area (Å²) in [7, 11) is 0. The molecule has 108 valence electrons. The monoisotopic (exact) mass is 302 g/mol. The van der Waals surface area contributed by atoms with Crippen molar-refractivity contribution in [2.45, 2.75) is 13.5 Å². The molecule has 0 aliphatic heterocycles. The first kappa shape index (κ1) is 13.7. The Morgan fingerprint density at radius 1 is 1.29 bits per heavy atom. The summed E-state index contributed by atoms with van der Waals surface area (Å²) >= 11 is 1.33. The highest BCUT2D eigenvalue weighted by Crippen LogP contribution is 2.21. The molecule has 1 aromatic carbocycles. The maximum Gasteiger partial charge on any atom is 0.275 e. The lowest BCUT2D eigenvalue weighted by Gasteiger charge is -2.04. The number of nitrogens with one attached hydrogen (secondary N) is 1. The Morgan fingerprint density at radius 2 is 2.10 bits per heavy atom. The molecule has 0 saturated carbocycles. The van der Waals surface area contributed by atoms with E-state index < -0.39 is 0 Å². The fourth-order valence-electron chi connectivity index (χ4n) is 1.82. The molecule has 6 nitrogen and oxygen atoms in total. The van der Waals surface area contributed by atoms with Crippen LogP contribution in [0.4, 0.5) is 10.8 Å².